The van der Waals surface area contributed by atoms with Crippen molar-refractivity contribution in [2.24, 2.45) is 0 Å². The fourth-order valence-electron chi connectivity index (χ4n) is 3.65. The van der Waals surface area contributed by atoms with Gasteiger partial charge >= 0.3 is 11.9 Å². The van der Waals surface area contributed by atoms with Crippen molar-refractivity contribution < 1.29 is 24.2 Å². The number of carbonyl (C=O) groups excluding carboxylic acids is 2. The predicted octanol–water partition coefficient (Wildman–Crippen LogP) is 7.44. The van der Waals surface area contributed by atoms with Crippen molar-refractivity contribution >= 4 is 11.9 Å². The van der Waals surface area contributed by atoms with Gasteiger partial charge in [0.25, 0.3) is 0 Å². The molecule has 0 aliphatic rings. The molecule has 0 saturated heterocycles. The molecular weight excluding hydrogens is 416 g/mol. The van der Waals surface area contributed by atoms with Crippen LogP contribution in [0, 0.1) is 0 Å². The minimum atomic E-state index is -0.763. The third-order valence-corrected chi connectivity index (χ3v) is 5.81. The van der Waals surface area contributed by atoms with Crippen LogP contribution in [0.4, 0.5) is 0 Å². The largest absolute Gasteiger partial charge is 0.462 e. The fraction of sp³-hybridized carbons (Fsp3) is 0.857. The summed E-state index contributed by atoms with van der Waals surface area (Å²) in [6.45, 7) is 4.03. The molecule has 0 aliphatic carbocycles. The summed E-state index contributed by atoms with van der Waals surface area (Å²) >= 11 is 0. The zero-order valence-electron chi connectivity index (χ0n) is 21.7. The van der Waals surface area contributed by atoms with Crippen molar-refractivity contribution in [1.82, 2.24) is 0 Å². The Morgan fingerprint density at radius 3 is 1.73 bits per heavy atom. The molecule has 0 aromatic rings. The SMILES string of the molecule is CCCC/C=C/CCCCCCCC(=O)OC[C@H](CO)OC(=O)CCCCCCCCCC. The molecule has 0 aromatic carbocycles. The molecule has 0 spiro atoms. The molecule has 1 atom stereocenters. The van der Waals surface area contributed by atoms with Gasteiger partial charge in [-0.2, -0.15) is 0 Å². The van der Waals surface area contributed by atoms with Crippen LogP contribution in [0.3, 0.4) is 0 Å². The van der Waals surface area contributed by atoms with Crippen molar-refractivity contribution in [3.05, 3.63) is 12.2 Å². The molecule has 0 heterocycles. The minimum absolute atomic E-state index is 0.0666. The Kier molecular flexibility index (Phi) is 24.2. The molecule has 0 rings (SSSR count). The van der Waals surface area contributed by atoms with Crippen LogP contribution < -0.4 is 0 Å². The highest BCUT2D eigenvalue weighted by Crippen LogP contribution is 2.11. The first-order valence-electron chi connectivity index (χ1n) is 13.7. The first-order chi connectivity index (χ1) is 16.1. The van der Waals surface area contributed by atoms with E-state index in [1.165, 1.54) is 64.2 Å². The van der Waals surface area contributed by atoms with Crippen LogP contribution >= 0.6 is 0 Å². The van der Waals surface area contributed by atoms with Crippen molar-refractivity contribution in [3.63, 3.8) is 0 Å². The number of rotatable bonds is 24. The lowest BCUT2D eigenvalue weighted by Crippen LogP contribution is -2.28. The summed E-state index contributed by atoms with van der Waals surface area (Å²) in [6, 6.07) is 0. The highest BCUT2D eigenvalue weighted by Gasteiger charge is 2.16. The maximum absolute atomic E-state index is 11.9. The topological polar surface area (TPSA) is 72.8 Å². The summed E-state index contributed by atoms with van der Waals surface area (Å²) in [5.41, 5.74) is 0. The van der Waals surface area contributed by atoms with Gasteiger partial charge in [0, 0.05) is 12.8 Å². The number of hydrogen-bond donors (Lipinski definition) is 1. The van der Waals surface area contributed by atoms with Gasteiger partial charge in [0.2, 0.25) is 0 Å². The lowest BCUT2D eigenvalue weighted by Gasteiger charge is -2.15. The number of carbonyl (C=O) groups is 2. The Hall–Kier alpha value is -1.36. The first kappa shape index (κ1) is 31.6. The zero-order valence-corrected chi connectivity index (χ0v) is 21.7. The number of unbranched alkanes of at least 4 members (excludes halogenated alkanes) is 14. The Bertz CT molecular complexity index is 475. The minimum Gasteiger partial charge on any atom is -0.462 e. The molecule has 33 heavy (non-hydrogen) atoms. The molecule has 0 amide bonds. The quantitative estimate of drug-likeness (QED) is 0.0905. The van der Waals surface area contributed by atoms with E-state index in [1.807, 2.05) is 0 Å². The summed E-state index contributed by atoms with van der Waals surface area (Å²) in [7, 11) is 0. The van der Waals surface area contributed by atoms with Crippen molar-refractivity contribution in [2.45, 2.75) is 142 Å². The second-order valence-corrected chi connectivity index (χ2v) is 9.12. The molecule has 0 aliphatic heterocycles. The first-order valence-corrected chi connectivity index (χ1v) is 13.7. The molecule has 194 valence electrons. The summed E-state index contributed by atoms with van der Waals surface area (Å²) in [5.74, 6) is -0.609. The van der Waals surface area contributed by atoms with E-state index in [1.54, 1.807) is 0 Å². The number of allylic oxidation sites excluding steroid dienone is 2. The van der Waals surface area contributed by atoms with E-state index < -0.39 is 6.10 Å². The summed E-state index contributed by atoms with van der Waals surface area (Å²) in [6.07, 6.45) is 24.1. The van der Waals surface area contributed by atoms with Gasteiger partial charge in [-0.1, -0.05) is 103 Å². The summed E-state index contributed by atoms with van der Waals surface area (Å²) in [4.78, 5) is 23.8. The molecule has 0 aromatic heterocycles. The number of aliphatic hydroxyl groups excluding tert-OH is 1. The molecule has 5 heteroatoms. The van der Waals surface area contributed by atoms with Crippen LogP contribution in [-0.4, -0.2) is 36.4 Å². The highest BCUT2D eigenvalue weighted by molar-refractivity contribution is 5.70. The van der Waals surface area contributed by atoms with E-state index in [-0.39, 0.29) is 25.2 Å². The lowest BCUT2D eigenvalue weighted by molar-refractivity contribution is -0.161. The molecule has 0 radical (unpaired) electrons. The zero-order chi connectivity index (χ0) is 24.4. The fourth-order valence-corrected chi connectivity index (χ4v) is 3.65. The van der Waals surface area contributed by atoms with Crippen LogP contribution in [0.25, 0.3) is 0 Å². The highest BCUT2D eigenvalue weighted by atomic mass is 16.6. The number of hydrogen-bond acceptors (Lipinski definition) is 5. The van der Waals surface area contributed by atoms with E-state index in [0.717, 1.165) is 44.9 Å². The Labute approximate surface area is 203 Å². The van der Waals surface area contributed by atoms with Crippen LogP contribution in [0.15, 0.2) is 12.2 Å². The van der Waals surface area contributed by atoms with Crippen LogP contribution in [0.5, 0.6) is 0 Å². The maximum Gasteiger partial charge on any atom is 0.306 e. The summed E-state index contributed by atoms with van der Waals surface area (Å²) in [5, 5.41) is 9.40. The van der Waals surface area contributed by atoms with E-state index in [4.69, 9.17) is 9.47 Å². The van der Waals surface area contributed by atoms with Crippen molar-refractivity contribution in [2.75, 3.05) is 13.2 Å². The van der Waals surface area contributed by atoms with E-state index in [2.05, 4.69) is 26.0 Å². The smallest absolute Gasteiger partial charge is 0.306 e. The van der Waals surface area contributed by atoms with Crippen LogP contribution in [0.2, 0.25) is 0 Å². The van der Waals surface area contributed by atoms with Gasteiger partial charge in [0.05, 0.1) is 6.61 Å². The maximum atomic E-state index is 11.9. The van der Waals surface area contributed by atoms with Gasteiger partial charge in [-0.3, -0.25) is 9.59 Å². The van der Waals surface area contributed by atoms with Crippen molar-refractivity contribution in [1.29, 1.82) is 0 Å². The number of ether oxygens (including phenoxy) is 2. The summed E-state index contributed by atoms with van der Waals surface area (Å²) < 4.78 is 10.4. The van der Waals surface area contributed by atoms with Crippen LogP contribution in [0.1, 0.15) is 136 Å². The average molecular weight is 469 g/mol. The Balaban J connectivity index is 3.63. The Morgan fingerprint density at radius 1 is 0.667 bits per heavy atom. The van der Waals surface area contributed by atoms with E-state index in [0.29, 0.717) is 12.8 Å². The molecule has 0 saturated carbocycles. The van der Waals surface area contributed by atoms with E-state index >= 15 is 0 Å². The molecule has 0 fully saturated rings. The number of esters is 2. The molecular formula is C28H52O5. The second kappa shape index (κ2) is 25.3. The molecule has 0 unspecified atom stereocenters. The third kappa shape index (κ3) is 23.6. The van der Waals surface area contributed by atoms with Crippen LogP contribution in [-0.2, 0) is 19.1 Å². The van der Waals surface area contributed by atoms with Gasteiger partial charge in [0.15, 0.2) is 6.10 Å². The third-order valence-electron chi connectivity index (χ3n) is 5.81. The van der Waals surface area contributed by atoms with E-state index in [9.17, 15) is 14.7 Å². The van der Waals surface area contributed by atoms with Gasteiger partial charge in [-0.25, -0.2) is 0 Å². The number of aliphatic hydroxyl groups is 1. The van der Waals surface area contributed by atoms with Gasteiger partial charge < -0.3 is 14.6 Å². The lowest BCUT2D eigenvalue weighted by atomic mass is 10.1. The van der Waals surface area contributed by atoms with Gasteiger partial charge in [0.1, 0.15) is 6.61 Å². The van der Waals surface area contributed by atoms with Gasteiger partial charge in [-0.15, -0.1) is 0 Å². The monoisotopic (exact) mass is 468 g/mol. The Morgan fingerprint density at radius 2 is 1.15 bits per heavy atom. The average Bonchev–Trinajstić information content (AvgIpc) is 2.81. The molecule has 0 bridgehead atoms. The second-order valence-electron chi connectivity index (χ2n) is 9.12. The van der Waals surface area contributed by atoms with Crippen molar-refractivity contribution in [3.8, 4) is 0 Å². The normalized spacial score (nSPS) is 12.2. The predicted molar refractivity (Wildman–Crippen MR) is 136 cm³/mol. The molecule has 1 N–H and O–H groups in total. The molecule has 5 nitrogen and oxygen atoms in total. The van der Waals surface area contributed by atoms with Gasteiger partial charge in [-0.05, 0) is 32.1 Å². The standard InChI is InChI=1S/C28H52O5/c1-3-5-7-9-11-13-14-15-17-18-20-22-27(30)32-25-26(24-29)33-28(31)23-21-19-16-12-10-8-6-4-2/h9,11,26,29H,3-8,10,12-25H2,1-2H3/b11-9+/t26-/m0/s1.